The number of hydrogen-bond acceptors (Lipinski definition) is 3. The Morgan fingerprint density at radius 2 is 2.10 bits per heavy atom. The lowest BCUT2D eigenvalue weighted by Gasteiger charge is -2.01. The summed E-state index contributed by atoms with van der Waals surface area (Å²) in [5, 5.41) is 7.93. The van der Waals surface area contributed by atoms with E-state index in [0.29, 0.717) is 10.2 Å². The van der Waals surface area contributed by atoms with Gasteiger partial charge in [-0.3, -0.25) is 9.48 Å². The van der Waals surface area contributed by atoms with E-state index in [1.165, 1.54) is 4.68 Å². The van der Waals surface area contributed by atoms with Gasteiger partial charge in [0.05, 0.1) is 16.9 Å². The highest BCUT2D eigenvalue weighted by Crippen LogP contribution is 2.14. The number of nitrogens with zero attached hydrogens (tertiary/aromatic N) is 3. The summed E-state index contributed by atoms with van der Waals surface area (Å²) in [4.78, 5) is 12.0. The Hall–Kier alpha value is -2.21. The maximum absolute atomic E-state index is 12.0. The van der Waals surface area contributed by atoms with Gasteiger partial charge in [-0.1, -0.05) is 36.4 Å². The molecular formula is C15H15BrN4O. The third-order valence-electron chi connectivity index (χ3n) is 2.74. The Labute approximate surface area is 131 Å². The monoisotopic (exact) mass is 346 g/mol. The average molecular weight is 347 g/mol. The SMILES string of the molecule is C/C(C=NNC(=O)c1c(Br)cnn1C)=C\c1ccccc1. The molecule has 0 aliphatic heterocycles. The van der Waals surface area contributed by atoms with Gasteiger partial charge in [-0.15, -0.1) is 0 Å². The first kappa shape index (κ1) is 15.2. The van der Waals surface area contributed by atoms with E-state index in [0.717, 1.165) is 11.1 Å². The highest BCUT2D eigenvalue weighted by Gasteiger charge is 2.14. The summed E-state index contributed by atoms with van der Waals surface area (Å²) >= 11 is 3.28. The number of halogens is 1. The van der Waals surface area contributed by atoms with Crippen LogP contribution in [-0.4, -0.2) is 21.9 Å². The average Bonchev–Trinajstić information content (AvgIpc) is 2.79. The summed E-state index contributed by atoms with van der Waals surface area (Å²) in [5.41, 5.74) is 4.93. The Balaban J connectivity index is 1.99. The number of nitrogens with one attached hydrogen (secondary N) is 1. The van der Waals surface area contributed by atoms with E-state index in [2.05, 4.69) is 31.6 Å². The molecule has 0 spiro atoms. The van der Waals surface area contributed by atoms with Crippen molar-refractivity contribution in [3.05, 3.63) is 57.8 Å². The van der Waals surface area contributed by atoms with E-state index in [1.807, 2.05) is 43.3 Å². The summed E-state index contributed by atoms with van der Waals surface area (Å²) in [6.45, 7) is 1.92. The van der Waals surface area contributed by atoms with E-state index < -0.39 is 0 Å². The lowest BCUT2D eigenvalue weighted by Crippen LogP contribution is -2.21. The van der Waals surface area contributed by atoms with E-state index >= 15 is 0 Å². The van der Waals surface area contributed by atoms with Crippen LogP contribution in [0.1, 0.15) is 23.0 Å². The van der Waals surface area contributed by atoms with Gasteiger partial charge >= 0.3 is 0 Å². The molecule has 2 aromatic rings. The van der Waals surface area contributed by atoms with Crippen molar-refractivity contribution in [2.24, 2.45) is 12.1 Å². The maximum atomic E-state index is 12.0. The molecule has 21 heavy (non-hydrogen) atoms. The van der Waals surface area contributed by atoms with Gasteiger partial charge in [-0.2, -0.15) is 10.2 Å². The highest BCUT2D eigenvalue weighted by atomic mass is 79.9. The number of aryl methyl sites for hydroxylation is 1. The molecule has 1 N–H and O–H groups in total. The number of amides is 1. The number of carbonyl (C=O) groups is 1. The molecule has 1 heterocycles. The Bertz CT molecular complexity index is 669. The van der Waals surface area contributed by atoms with Gasteiger partial charge in [0, 0.05) is 7.05 Å². The van der Waals surface area contributed by atoms with Gasteiger partial charge in [0.15, 0.2) is 0 Å². The molecule has 0 aliphatic rings. The van der Waals surface area contributed by atoms with Gasteiger partial charge in [0.1, 0.15) is 5.69 Å². The van der Waals surface area contributed by atoms with E-state index in [1.54, 1.807) is 19.5 Å². The van der Waals surface area contributed by atoms with Crippen LogP contribution in [0.5, 0.6) is 0 Å². The molecular weight excluding hydrogens is 332 g/mol. The molecule has 1 amide bonds. The number of hydrogen-bond donors (Lipinski definition) is 1. The van der Waals surface area contributed by atoms with Crippen molar-refractivity contribution in [3.8, 4) is 0 Å². The number of aromatic nitrogens is 2. The van der Waals surface area contributed by atoms with E-state index in [9.17, 15) is 4.79 Å². The predicted molar refractivity (Wildman–Crippen MR) is 87.0 cm³/mol. The van der Waals surface area contributed by atoms with Crippen molar-refractivity contribution < 1.29 is 4.79 Å². The number of allylic oxidation sites excluding steroid dienone is 1. The topological polar surface area (TPSA) is 59.3 Å². The molecule has 2 rings (SSSR count). The van der Waals surface area contributed by atoms with Crippen LogP contribution in [-0.2, 0) is 7.05 Å². The van der Waals surface area contributed by atoms with Gasteiger partial charge in [0.2, 0.25) is 0 Å². The fourth-order valence-electron chi connectivity index (χ4n) is 1.76. The van der Waals surface area contributed by atoms with Crippen molar-refractivity contribution in [3.63, 3.8) is 0 Å². The second-order valence-corrected chi connectivity index (χ2v) is 5.32. The van der Waals surface area contributed by atoms with Crippen molar-refractivity contribution in [1.29, 1.82) is 0 Å². The lowest BCUT2D eigenvalue weighted by molar-refractivity contribution is 0.0945. The standard InChI is InChI=1S/C15H15BrN4O/c1-11(8-12-6-4-3-5-7-12)9-17-19-15(21)14-13(16)10-18-20(14)2/h3-10H,1-2H3,(H,19,21)/b11-8+,17-9?. The van der Waals surface area contributed by atoms with Crippen LogP contribution in [0.15, 0.2) is 51.7 Å². The van der Waals surface area contributed by atoms with Crippen LogP contribution < -0.4 is 5.43 Å². The van der Waals surface area contributed by atoms with Crippen molar-refractivity contribution >= 4 is 34.1 Å². The number of benzene rings is 1. The molecule has 108 valence electrons. The zero-order chi connectivity index (χ0) is 15.2. The minimum Gasteiger partial charge on any atom is -0.266 e. The highest BCUT2D eigenvalue weighted by molar-refractivity contribution is 9.10. The summed E-state index contributed by atoms with van der Waals surface area (Å²) in [5.74, 6) is -0.314. The second-order valence-electron chi connectivity index (χ2n) is 4.46. The van der Waals surface area contributed by atoms with Crippen molar-refractivity contribution in [1.82, 2.24) is 15.2 Å². The minimum absolute atomic E-state index is 0.314. The molecule has 0 bridgehead atoms. The van der Waals surface area contributed by atoms with Crippen LogP contribution in [0.3, 0.4) is 0 Å². The van der Waals surface area contributed by atoms with Crippen LogP contribution in [0.2, 0.25) is 0 Å². The third kappa shape index (κ3) is 4.13. The van der Waals surface area contributed by atoms with Gasteiger partial charge in [0.25, 0.3) is 5.91 Å². The first-order valence-electron chi connectivity index (χ1n) is 6.32. The molecule has 0 fully saturated rings. The molecule has 0 saturated heterocycles. The third-order valence-corrected chi connectivity index (χ3v) is 3.32. The smallest absolute Gasteiger partial charge is 0.266 e. The molecule has 0 unspecified atom stereocenters. The first-order chi connectivity index (χ1) is 10.1. The molecule has 0 aliphatic carbocycles. The van der Waals surface area contributed by atoms with Crippen molar-refractivity contribution in [2.75, 3.05) is 0 Å². The zero-order valence-corrected chi connectivity index (χ0v) is 13.3. The maximum Gasteiger partial charge on any atom is 0.290 e. The Morgan fingerprint density at radius 3 is 2.71 bits per heavy atom. The summed E-state index contributed by atoms with van der Waals surface area (Å²) in [6, 6.07) is 9.91. The quantitative estimate of drug-likeness (QED) is 0.683. The largest absolute Gasteiger partial charge is 0.290 e. The summed E-state index contributed by atoms with van der Waals surface area (Å²) in [7, 11) is 1.70. The normalized spacial score (nSPS) is 11.9. The first-order valence-corrected chi connectivity index (χ1v) is 7.11. The number of carbonyl (C=O) groups excluding carboxylic acids is 1. The molecule has 5 nitrogen and oxygen atoms in total. The fraction of sp³-hybridized carbons (Fsp3) is 0.133. The van der Waals surface area contributed by atoms with Gasteiger partial charge in [-0.05, 0) is 34.0 Å². The molecule has 0 saturated carbocycles. The molecule has 0 atom stereocenters. The summed E-state index contributed by atoms with van der Waals surface area (Å²) in [6.07, 6.45) is 5.16. The fourth-order valence-corrected chi connectivity index (χ4v) is 2.29. The van der Waals surface area contributed by atoms with Crippen LogP contribution in [0, 0.1) is 0 Å². The summed E-state index contributed by atoms with van der Waals surface area (Å²) < 4.78 is 2.12. The Kier molecular flexibility index (Phi) is 5.05. The van der Waals surface area contributed by atoms with Gasteiger partial charge in [-0.25, -0.2) is 5.43 Å². The van der Waals surface area contributed by atoms with Gasteiger partial charge < -0.3 is 0 Å². The van der Waals surface area contributed by atoms with E-state index in [-0.39, 0.29) is 5.91 Å². The molecule has 0 radical (unpaired) electrons. The second kappa shape index (κ2) is 6.99. The number of rotatable bonds is 4. The van der Waals surface area contributed by atoms with Crippen LogP contribution in [0.4, 0.5) is 0 Å². The van der Waals surface area contributed by atoms with Crippen LogP contribution >= 0.6 is 15.9 Å². The molecule has 1 aromatic carbocycles. The zero-order valence-electron chi connectivity index (χ0n) is 11.7. The Morgan fingerprint density at radius 1 is 1.38 bits per heavy atom. The van der Waals surface area contributed by atoms with Crippen molar-refractivity contribution in [2.45, 2.75) is 6.92 Å². The lowest BCUT2D eigenvalue weighted by atomic mass is 10.1. The van der Waals surface area contributed by atoms with Crippen LogP contribution in [0.25, 0.3) is 6.08 Å². The number of hydrazone groups is 1. The van der Waals surface area contributed by atoms with E-state index in [4.69, 9.17) is 0 Å². The molecule has 1 aromatic heterocycles. The minimum atomic E-state index is -0.314. The molecule has 6 heteroatoms. The predicted octanol–water partition coefficient (Wildman–Crippen LogP) is 3.00.